The van der Waals surface area contributed by atoms with Crippen LogP contribution in [0.3, 0.4) is 0 Å². The van der Waals surface area contributed by atoms with Gasteiger partial charge in [0.2, 0.25) is 23.1 Å². The zero-order chi connectivity index (χ0) is 31.3. The van der Waals surface area contributed by atoms with Gasteiger partial charge in [0.25, 0.3) is 0 Å². The molecule has 8 aromatic rings. The van der Waals surface area contributed by atoms with Crippen molar-refractivity contribution in [2.24, 2.45) is 0 Å². The summed E-state index contributed by atoms with van der Waals surface area (Å²) in [6, 6.07) is 41.0. The number of carbonyl (C=O) groups excluding carboxylic acids is 2. The molecule has 0 atom stereocenters. The largest absolute Gasteiger partial charge is 0.501 e. The summed E-state index contributed by atoms with van der Waals surface area (Å²) in [5.74, 6) is -2.07. The van der Waals surface area contributed by atoms with Crippen LogP contribution in [-0.2, 0) is 14.3 Å². The van der Waals surface area contributed by atoms with E-state index in [1.165, 1.54) is 50.2 Å². The molecule has 0 amide bonds. The maximum absolute atomic E-state index is 13.5. The summed E-state index contributed by atoms with van der Waals surface area (Å²) >= 11 is 0. The molecule has 0 unspecified atom stereocenters. The van der Waals surface area contributed by atoms with E-state index in [9.17, 15) is 14.7 Å². The molecule has 0 aromatic heterocycles. The molecule has 9 rings (SSSR count). The molecule has 0 heterocycles. The van der Waals surface area contributed by atoms with Gasteiger partial charge in [-0.1, -0.05) is 54.6 Å². The SMILES string of the molecule is COC1=C(O)C(=O)C(C)=C(c2cccc3cc4cc5ccc6cc7cc8cc9ccccc9cc8cc7cc6c5cc4cc23)C1=O. The first-order valence-corrected chi connectivity index (χ1v) is 15.2. The van der Waals surface area contributed by atoms with Crippen LogP contribution in [0.15, 0.2) is 132 Å². The Morgan fingerprint density at radius 3 is 1.48 bits per heavy atom. The highest BCUT2D eigenvalue weighted by Crippen LogP contribution is 2.39. The number of aliphatic hydroxyl groups excluding tert-OH is 1. The first-order chi connectivity index (χ1) is 22.4. The van der Waals surface area contributed by atoms with Crippen LogP contribution in [0.5, 0.6) is 0 Å². The van der Waals surface area contributed by atoms with Gasteiger partial charge < -0.3 is 9.84 Å². The molecule has 0 radical (unpaired) electrons. The number of allylic oxidation sites excluding steroid dienone is 2. The number of ether oxygens (including phenoxy) is 1. The van der Waals surface area contributed by atoms with Crippen LogP contribution in [0.25, 0.3) is 81.0 Å². The average Bonchev–Trinajstić information content (AvgIpc) is 3.06. The second-order valence-corrected chi connectivity index (χ2v) is 12.2. The van der Waals surface area contributed by atoms with Crippen molar-refractivity contribution in [2.75, 3.05) is 7.11 Å². The fourth-order valence-corrected chi connectivity index (χ4v) is 7.29. The van der Waals surface area contributed by atoms with E-state index in [0.717, 1.165) is 32.3 Å². The number of aliphatic hydroxyl groups is 1. The Kier molecular flexibility index (Phi) is 5.45. The summed E-state index contributed by atoms with van der Waals surface area (Å²) in [5, 5.41) is 26.2. The minimum absolute atomic E-state index is 0.202. The molecule has 8 aromatic carbocycles. The second-order valence-electron chi connectivity index (χ2n) is 12.2. The lowest BCUT2D eigenvalue weighted by Gasteiger charge is -2.20. The highest BCUT2D eigenvalue weighted by Gasteiger charge is 2.35. The lowest BCUT2D eigenvalue weighted by molar-refractivity contribution is -0.119. The topological polar surface area (TPSA) is 63.6 Å². The number of Topliss-reactive ketones (excluding diaryl/α,β-unsaturated/α-hetero) is 2. The molecular formula is C42H26O4. The molecule has 1 aliphatic carbocycles. The first kappa shape index (κ1) is 26.4. The van der Waals surface area contributed by atoms with Crippen LogP contribution < -0.4 is 0 Å². The number of hydrogen-bond acceptors (Lipinski definition) is 4. The third-order valence-electron chi connectivity index (χ3n) is 9.62. The molecule has 4 nitrogen and oxygen atoms in total. The predicted octanol–water partition coefficient (Wildman–Crippen LogP) is 10.1. The van der Waals surface area contributed by atoms with Gasteiger partial charge in [-0.2, -0.15) is 0 Å². The van der Waals surface area contributed by atoms with Crippen molar-refractivity contribution in [1.29, 1.82) is 0 Å². The summed E-state index contributed by atoms with van der Waals surface area (Å²) in [5.41, 5.74) is 1.09. The summed E-state index contributed by atoms with van der Waals surface area (Å²) in [7, 11) is 1.29. The molecule has 46 heavy (non-hydrogen) atoms. The minimum Gasteiger partial charge on any atom is -0.501 e. The molecule has 218 valence electrons. The van der Waals surface area contributed by atoms with Crippen molar-refractivity contribution in [3.05, 3.63) is 138 Å². The monoisotopic (exact) mass is 594 g/mol. The van der Waals surface area contributed by atoms with E-state index in [1.807, 2.05) is 18.2 Å². The molecule has 0 bridgehead atoms. The van der Waals surface area contributed by atoms with Gasteiger partial charge in [0.1, 0.15) is 0 Å². The number of carbonyl (C=O) groups is 2. The van der Waals surface area contributed by atoms with Gasteiger partial charge >= 0.3 is 0 Å². The molecule has 0 fully saturated rings. The molecular weight excluding hydrogens is 568 g/mol. The summed E-state index contributed by atoms with van der Waals surface area (Å²) in [4.78, 5) is 26.3. The third kappa shape index (κ3) is 3.74. The third-order valence-corrected chi connectivity index (χ3v) is 9.62. The molecule has 0 spiro atoms. The van der Waals surface area contributed by atoms with Gasteiger partial charge in [0.15, 0.2) is 0 Å². The Bertz CT molecular complexity index is 2780. The van der Waals surface area contributed by atoms with E-state index in [-0.39, 0.29) is 16.9 Å². The van der Waals surface area contributed by atoms with Crippen LogP contribution in [0, 0.1) is 0 Å². The van der Waals surface area contributed by atoms with Gasteiger partial charge in [-0.15, -0.1) is 0 Å². The Balaban J connectivity index is 1.27. The van der Waals surface area contributed by atoms with Crippen molar-refractivity contribution in [1.82, 2.24) is 0 Å². The first-order valence-electron chi connectivity index (χ1n) is 15.2. The van der Waals surface area contributed by atoms with Gasteiger partial charge in [-0.25, -0.2) is 0 Å². The van der Waals surface area contributed by atoms with E-state index in [1.54, 1.807) is 6.92 Å². The predicted molar refractivity (Wildman–Crippen MR) is 188 cm³/mol. The standard InChI is InChI=1S/C42H26O4/c1-22-38(40(44)42(46-2)41(45)39(22)43)34-9-5-8-25-14-30-15-26-10-11-27-16-31-17-28-12-23-6-3-4-7-24(23)13-29(28)18-32(31)19-36(27)37(26)21-33(30)20-35(25)34/h3-21,45H,1-2H3. The molecule has 0 saturated carbocycles. The molecule has 1 aliphatic rings. The number of hydrogen-bond donors (Lipinski definition) is 1. The van der Waals surface area contributed by atoms with Gasteiger partial charge in [0, 0.05) is 11.1 Å². The van der Waals surface area contributed by atoms with Crippen LogP contribution in [0.4, 0.5) is 0 Å². The Morgan fingerprint density at radius 1 is 0.478 bits per heavy atom. The zero-order valence-corrected chi connectivity index (χ0v) is 25.1. The lowest BCUT2D eigenvalue weighted by atomic mass is 9.85. The molecule has 0 aliphatic heterocycles. The normalized spacial score (nSPS) is 14.3. The van der Waals surface area contributed by atoms with E-state index in [0.29, 0.717) is 5.56 Å². The smallest absolute Gasteiger partial charge is 0.232 e. The summed E-state index contributed by atoms with van der Waals surface area (Å²) in [6.45, 7) is 1.58. The van der Waals surface area contributed by atoms with Gasteiger partial charge in [-0.3, -0.25) is 9.59 Å². The minimum atomic E-state index is -0.647. The summed E-state index contributed by atoms with van der Waals surface area (Å²) in [6.07, 6.45) is 0. The maximum Gasteiger partial charge on any atom is 0.232 e. The fraction of sp³-hybridized carbons (Fsp3) is 0.0476. The number of benzene rings is 8. The molecule has 1 N–H and O–H groups in total. The lowest BCUT2D eigenvalue weighted by Crippen LogP contribution is -2.23. The quantitative estimate of drug-likeness (QED) is 0.123. The fourth-order valence-electron chi connectivity index (χ4n) is 7.29. The van der Waals surface area contributed by atoms with Crippen LogP contribution in [0.2, 0.25) is 0 Å². The van der Waals surface area contributed by atoms with Crippen LogP contribution in [0.1, 0.15) is 12.5 Å². The summed E-state index contributed by atoms with van der Waals surface area (Å²) < 4.78 is 5.16. The number of rotatable bonds is 2. The Morgan fingerprint density at radius 2 is 0.913 bits per heavy atom. The molecule has 4 heteroatoms. The number of fused-ring (bicyclic) bond motifs is 8. The average molecular weight is 595 g/mol. The zero-order valence-electron chi connectivity index (χ0n) is 25.1. The van der Waals surface area contributed by atoms with Crippen LogP contribution in [-0.4, -0.2) is 23.8 Å². The van der Waals surface area contributed by atoms with E-state index >= 15 is 0 Å². The van der Waals surface area contributed by atoms with Gasteiger partial charge in [0.05, 0.1) is 7.11 Å². The van der Waals surface area contributed by atoms with Crippen molar-refractivity contribution in [3.63, 3.8) is 0 Å². The van der Waals surface area contributed by atoms with Crippen molar-refractivity contribution >= 4 is 92.5 Å². The maximum atomic E-state index is 13.5. The number of methoxy groups -OCH3 is 1. The van der Waals surface area contributed by atoms with Crippen molar-refractivity contribution < 1.29 is 19.4 Å². The second kappa shape index (κ2) is 9.50. The van der Waals surface area contributed by atoms with E-state index < -0.39 is 17.3 Å². The number of ketones is 2. The Hall–Kier alpha value is -6.00. The van der Waals surface area contributed by atoms with E-state index in [4.69, 9.17) is 4.74 Å². The van der Waals surface area contributed by atoms with E-state index in [2.05, 4.69) is 97.1 Å². The Labute approximate surface area is 263 Å². The van der Waals surface area contributed by atoms with Gasteiger partial charge in [-0.05, 0) is 149 Å². The molecule has 0 saturated heterocycles. The van der Waals surface area contributed by atoms with Crippen LogP contribution >= 0.6 is 0 Å². The van der Waals surface area contributed by atoms with Crippen molar-refractivity contribution in [2.45, 2.75) is 6.92 Å². The highest BCUT2D eigenvalue weighted by molar-refractivity contribution is 6.39. The highest BCUT2D eigenvalue weighted by atomic mass is 16.5. The van der Waals surface area contributed by atoms with Crippen molar-refractivity contribution in [3.8, 4) is 0 Å².